The van der Waals surface area contributed by atoms with Crippen molar-refractivity contribution in [2.45, 2.75) is 90.4 Å². The molecule has 0 amide bonds. The Labute approximate surface area is 174 Å². The van der Waals surface area contributed by atoms with Crippen LogP contribution in [0.15, 0.2) is 12.1 Å². The molecule has 0 bridgehead atoms. The van der Waals surface area contributed by atoms with Gasteiger partial charge < -0.3 is 14.2 Å². The molecule has 0 radical (unpaired) electrons. The van der Waals surface area contributed by atoms with Gasteiger partial charge in [-0.05, 0) is 75.8 Å². The van der Waals surface area contributed by atoms with Crippen molar-refractivity contribution in [3.8, 4) is 5.75 Å². The summed E-state index contributed by atoms with van der Waals surface area (Å²) in [6.45, 7) is 5.29. The van der Waals surface area contributed by atoms with E-state index in [9.17, 15) is 8.78 Å². The predicted molar refractivity (Wildman–Crippen MR) is 110 cm³/mol. The Balaban J connectivity index is 1.40. The molecule has 5 heteroatoms. The summed E-state index contributed by atoms with van der Waals surface area (Å²) >= 11 is 0. The molecule has 3 nitrogen and oxygen atoms in total. The van der Waals surface area contributed by atoms with Crippen molar-refractivity contribution in [2.24, 2.45) is 11.8 Å². The van der Waals surface area contributed by atoms with Gasteiger partial charge >= 0.3 is 0 Å². The summed E-state index contributed by atoms with van der Waals surface area (Å²) in [6, 6.07) is 3.04. The highest BCUT2D eigenvalue weighted by Gasteiger charge is 2.31. The zero-order valence-corrected chi connectivity index (χ0v) is 17.9. The average Bonchev–Trinajstić information content (AvgIpc) is 2.76. The number of hydrogen-bond donors (Lipinski definition) is 0. The summed E-state index contributed by atoms with van der Waals surface area (Å²) in [5.74, 6) is -0.443. The van der Waals surface area contributed by atoms with E-state index in [4.69, 9.17) is 14.2 Å². The monoisotopic (exact) mass is 410 g/mol. The molecule has 1 heterocycles. The molecule has 0 N–H and O–H groups in total. The molecule has 29 heavy (non-hydrogen) atoms. The first kappa shape index (κ1) is 22.5. The minimum Gasteiger partial charge on any atom is -0.491 e. The maximum absolute atomic E-state index is 14.2. The van der Waals surface area contributed by atoms with E-state index in [1.54, 1.807) is 13.0 Å². The lowest BCUT2D eigenvalue weighted by atomic mass is 9.76. The fraction of sp³-hybridized carbons (Fsp3) is 0.750. The lowest BCUT2D eigenvalue weighted by Crippen LogP contribution is -2.33. The number of hydrogen-bond acceptors (Lipinski definition) is 3. The van der Waals surface area contributed by atoms with Crippen LogP contribution in [0.1, 0.15) is 77.2 Å². The summed E-state index contributed by atoms with van der Waals surface area (Å²) in [5, 5.41) is 0. The Morgan fingerprint density at radius 3 is 2.38 bits per heavy atom. The highest BCUT2D eigenvalue weighted by molar-refractivity contribution is 5.30. The second-order valence-corrected chi connectivity index (χ2v) is 8.57. The van der Waals surface area contributed by atoms with Crippen molar-refractivity contribution in [3.63, 3.8) is 0 Å². The topological polar surface area (TPSA) is 27.7 Å². The van der Waals surface area contributed by atoms with Gasteiger partial charge in [-0.15, -0.1) is 0 Å². The van der Waals surface area contributed by atoms with Gasteiger partial charge in [0.25, 0.3) is 0 Å². The molecule has 1 aromatic rings. The zero-order chi connectivity index (χ0) is 20.6. The molecule has 1 aliphatic carbocycles. The van der Waals surface area contributed by atoms with E-state index in [0.29, 0.717) is 24.5 Å². The first-order valence-electron chi connectivity index (χ1n) is 11.4. The molecule has 2 aliphatic rings. The minimum atomic E-state index is -0.925. The SMILES string of the molecule is CCCCC1CCC(C2CCC(OCc3ccc(OCC)c(F)c3F)CC2)CO1. The van der Waals surface area contributed by atoms with Gasteiger partial charge in [-0.1, -0.05) is 19.8 Å². The Hall–Kier alpha value is -1.20. The molecule has 1 aromatic carbocycles. The van der Waals surface area contributed by atoms with E-state index < -0.39 is 11.6 Å². The van der Waals surface area contributed by atoms with Crippen molar-refractivity contribution in [1.29, 1.82) is 0 Å². The molecular formula is C24H36F2O3. The third-order valence-corrected chi connectivity index (χ3v) is 6.57. The third kappa shape index (κ3) is 6.14. The maximum Gasteiger partial charge on any atom is 0.200 e. The highest BCUT2D eigenvalue weighted by Crippen LogP contribution is 2.37. The van der Waals surface area contributed by atoms with Crippen molar-refractivity contribution < 1.29 is 23.0 Å². The Bertz CT molecular complexity index is 621. The van der Waals surface area contributed by atoms with E-state index in [1.807, 2.05) is 0 Å². The molecule has 3 rings (SSSR count). The summed E-state index contributed by atoms with van der Waals surface area (Å²) in [5.41, 5.74) is 0.256. The molecule has 2 atom stereocenters. The number of benzene rings is 1. The summed E-state index contributed by atoms with van der Waals surface area (Å²) in [7, 11) is 0. The first-order chi connectivity index (χ1) is 14.1. The van der Waals surface area contributed by atoms with Gasteiger partial charge in [0.2, 0.25) is 5.82 Å². The molecule has 1 saturated carbocycles. The Morgan fingerprint density at radius 1 is 0.966 bits per heavy atom. The molecule has 2 unspecified atom stereocenters. The molecule has 164 valence electrons. The molecule has 0 aromatic heterocycles. The van der Waals surface area contributed by atoms with E-state index in [1.165, 1.54) is 38.2 Å². The van der Waals surface area contributed by atoms with Crippen LogP contribution in [0.2, 0.25) is 0 Å². The minimum absolute atomic E-state index is 0.0408. The molecule has 0 spiro atoms. The van der Waals surface area contributed by atoms with Gasteiger partial charge in [-0.3, -0.25) is 0 Å². The van der Waals surface area contributed by atoms with Gasteiger partial charge in [0.1, 0.15) is 0 Å². The number of unbranched alkanes of at least 4 members (excludes halogenated alkanes) is 1. The lowest BCUT2D eigenvalue weighted by Gasteiger charge is -2.37. The summed E-state index contributed by atoms with van der Waals surface area (Å²) in [6.07, 6.45) is 11.0. The Kier molecular flexibility index (Phi) is 8.73. The van der Waals surface area contributed by atoms with Crippen molar-refractivity contribution in [1.82, 2.24) is 0 Å². The van der Waals surface area contributed by atoms with Gasteiger partial charge in [-0.25, -0.2) is 4.39 Å². The number of ether oxygens (including phenoxy) is 3. The molecule has 2 fully saturated rings. The maximum atomic E-state index is 14.2. The molecular weight excluding hydrogens is 374 g/mol. The quantitative estimate of drug-likeness (QED) is 0.470. The van der Waals surface area contributed by atoms with Crippen molar-refractivity contribution in [3.05, 3.63) is 29.3 Å². The molecule has 1 saturated heterocycles. The normalized spacial score (nSPS) is 27.7. The third-order valence-electron chi connectivity index (χ3n) is 6.57. The van der Waals surface area contributed by atoms with Crippen molar-refractivity contribution >= 4 is 0 Å². The summed E-state index contributed by atoms with van der Waals surface area (Å²) in [4.78, 5) is 0. The van der Waals surface area contributed by atoms with E-state index in [-0.39, 0.29) is 24.0 Å². The van der Waals surface area contributed by atoms with Gasteiger partial charge in [0.05, 0.1) is 32.0 Å². The highest BCUT2D eigenvalue weighted by atomic mass is 19.2. The number of rotatable bonds is 9. The smallest absolute Gasteiger partial charge is 0.200 e. The van der Waals surface area contributed by atoms with Crippen LogP contribution in [0, 0.1) is 23.5 Å². The Morgan fingerprint density at radius 2 is 1.72 bits per heavy atom. The first-order valence-corrected chi connectivity index (χ1v) is 11.4. The van der Waals surface area contributed by atoms with Crippen LogP contribution in [0.5, 0.6) is 5.75 Å². The zero-order valence-electron chi connectivity index (χ0n) is 17.9. The van der Waals surface area contributed by atoms with Crippen LogP contribution in [-0.4, -0.2) is 25.4 Å². The van der Waals surface area contributed by atoms with Crippen LogP contribution >= 0.6 is 0 Å². The van der Waals surface area contributed by atoms with Gasteiger partial charge in [0, 0.05) is 5.56 Å². The second kappa shape index (κ2) is 11.3. The van der Waals surface area contributed by atoms with Crippen molar-refractivity contribution in [2.75, 3.05) is 13.2 Å². The average molecular weight is 411 g/mol. The van der Waals surface area contributed by atoms with E-state index >= 15 is 0 Å². The fourth-order valence-corrected chi connectivity index (χ4v) is 4.74. The lowest BCUT2D eigenvalue weighted by molar-refractivity contribution is -0.0541. The van der Waals surface area contributed by atoms with Crippen LogP contribution in [0.3, 0.4) is 0 Å². The standard InChI is InChI=1S/C24H36F2O3/c1-3-5-6-20-13-9-18(15-28-20)17-7-11-21(12-8-17)29-16-19-10-14-22(27-4-2)24(26)23(19)25/h10,14,17-18,20-21H,3-9,11-13,15-16H2,1-2H3. The van der Waals surface area contributed by atoms with Crippen LogP contribution in [0.4, 0.5) is 8.78 Å². The van der Waals surface area contributed by atoms with E-state index in [0.717, 1.165) is 32.3 Å². The van der Waals surface area contributed by atoms with Gasteiger partial charge in [-0.2, -0.15) is 4.39 Å². The predicted octanol–water partition coefficient (Wildman–Crippen LogP) is 6.42. The second-order valence-electron chi connectivity index (χ2n) is 8.57. The van der Waals surface area contributed by atoms with Crippen LogP contribution in [-0.2, 0) is 16.1 Å². The largest absolute Gasteiger partial charge is 0.491 e. The summed E-state index contributed by atoms with van der Waals surface area (Å²) < 4.78 is 45.3. The van der Waals surface area contributed by atoms with E-state index in [2.05, 4.69) is 6.92 Å². The van der Waals surface area contributed by atoms with Crippen LogP contribution < -0.4 is 4.74 Å². The number of halogens is 2. The van der Waals surface area contributed by atoms with Crippen LogP contribution in [0.25, 0.3) is 0 Å². The molecule has 1 aliphatic heterocycles. The van der Waals surface area contributed by atoms with Gasteiger partial charge in [0.15, 0.2) is 11.6 Å². The fourth-order valence-electron chi connectivity index (χ4n) is 4.74.